The number of phenols is 1. The topological polar surface area (TPSA) is 73.1 Å². The van der Waals surface area contributed by atoms with E-state index in [1.54, 1.807) is 0 Å². The minimum Gasteiger partial charge on any atom is -0.507 e. The van der Waals surface area contributed by atoms with E-state index in [-0.39, 0.29) is 22.4 Å². The zero-order valence-electron chi connectivity index (χ0n) is 15.0. The Morgan fingerprint density at radius 1 is 1.29 bits per heavy atom. The monoisotopic (exact) mass is 390 g/mol. The zero-order chi connectivity index (χ0) is 19.7. The summed E-state index contributed by atoms with van der Waals surface area (Å²) in [6.45, 7) is 2.89. The number of phenolic OH excluding ortho intramolecular Hbond substituents is 1. The standard InChI is InChI=1S/C19H17F3N4O2/c1-10-2-12(19(20,21)22)3-15(27)16(10)13-6-23-14-7-26(25-17(14)24-13)18-4-11(5-18)8-28-9-18/h2-3,6-7,11,27H,4-5,8-9H2,1H3. The van der Waals surface area contributed by atoms with Crippen molar-refractivity contribution in [3.05, 3.63) is 35.7 Å². The highest BCUT2D eigenvalue weighted by Crippen LogP contribution is 2.48. The van der Waals surface area contributed by atoms with E-state index >= 15 is 0 Å². The summed E-state index contributed by atoms with van der Waals surface area (Å²) < 4.78 is 46.3. The maximum absolute atomic E-state index is 12.9. The van der Waals surface area contributed by atoms with Crippen LogP contribution in [0, 0.1) is 12.8 Å². The Morgan fingerprint density at radius 2 is 2.07 bits per heavy atom. The van der Waals surface area contributed by atoms with Gasteiger partial charge < -0.3 is 9.84 Å². The van der Waals surface area contributed by atoms with Crippen molar-refractivity contribution >= 4 is 11.2 Å². The van der Waals surface area contributed by atoms with Crippen LogP contribution in [0.1, 0.15) is 24.0 Å². The summed E-state index contributed by atoms with van der Waals surface area (Å²) in [6, 6.07) is 1.70. The number of aromatic hydroxyl groups is 1. The molecule has 2 bridgehead atoms. The first-order valence-electron chi connectivity index (χ1n) is 8.97. The van der Waals surface area contributed by atoms with Gasteiger partial charge in [-0.2, -0.15) is 13.2 Å². The average Bonchev–Trinajstić information content (AvgIpc) is 3.04. The summed E-state index contributed by atoms with van der Waals surface area (Å²) in [5.41, 5.74) is 0.695. The van der Waals surface area contributed by atoms with Crippen LogP contribution in [-0.2, 0) is 16.5 Å². The van der Waals surface area contributed by atoms with Gasteiger partial charge in [0, 0.05) is 12.2 Å². The summed E-state index contributed by atoms with van der Waals surface area (Å²) in [5, 5.41) is 14.8. The number of rotatable bonds is 2. The summed E-state index contributed by atoms with van der Waals surface area (Å²) in [4.78, 5) is 8.80. The molecule has 4 heterocycles. The number of ether oxygens (including phenoxy) is 1. The fourth-order valence-corrected chi connectivity index (χ4v) is 4.35. The number of benzene rings is 1. The van der Waals surface area contributed by atoms with Crippen LogP contribution >= 0.6 is 0 Å². The van der Waals surface area contributed by atoms with Gasteiger partial charge in [-0.05, 0) is 43.4 Å². The lowest BCUT2D eigenvalue weighted by Gasteiger charge is -2.51. The fraction of sp³-hybridized carbons (Fsp3) is 0.421. The summed E-state index contributed by atoms with van der Waals surface area (Å²) in [5.74, 6) is 0.0748. The highest BCUT2D eigenvalue weighted by Gasteiger charge is 2.50. The molecular formula is C19H17F3N4O2. The Labute approximate surface area is 158 Å². The van der Waals surface area contributed by atoms with Crippen LogP contribution in [0.2, 0.25) is 0 Å². The van der Waals surface area contributed by atoms with Crippen LogP contribution in [0.5, 0.6) is 5.75 Å². The Hall–Kier alpha value is -2.68. The van der Waals surface area contributed by atoms with E-state index in [4.69, 9.17) is 4.74 Å². The van der Waals surface area contributed by atoms with Crippen molar-refractivity contribution < 1.29 is 23.0 Å². The van der Waals surface area contributed by atoms with Crippen molar-refractivity contribution in [2.75, 3.05) is 13.2 Å². The molecule has 2 aromatic heterocycles. The van der Waals surface area contributed by atoms with E-state index in [0.717, 1.165) is 25.5 Å². The van der Waals surface area contributed by atoms with Gasteiger partial charge in [-0.3, -0.25) is 4.68 Å². The number of hydrogen-bond acceptors (Lipinski definition) is 5. The number of fused-ring (bicyclic) bond motifs is 3. The highest BCUT2D eigenvalue weighted by molar-refractivity contribution is 5.77. The molecule has 0 spiro atoms. The van der Waals surface area contributed by atoms with Crippen molar-refractivity contribution in [2.45, 2.75) is 31.5 Å². The minimum absolute atomic E-state index is 0.155. The molecule has 0 unspecified atom stereocenters. The molecule has 146 valence electrons. The summed E-state index contributed by atoms with van der Waals surface area (Å²) >= 11 is 0. The van der Waals surface area contributed by atoms with Crippen molar-refractivity contribution in [3.63, 3.8) is 0 Å². The maximum atomic E-state index is 12.9. The molecule has 3 aromatic rings. The minimum atomic E-state index is -4.53. The van der Waals surface area contributed by atoms with Crippen LogP contribution in [0.15, 0.2) is 24.5 Å². The highest BCUT2D eigenvalue weighted by atomic mass is 19.4. The molecule has 1 aromatic carbocycles. The van der Waals surface area contributed by atoms with Crippen LogP contribution < -0.4 is 0 Å². The van der Waals surface area contributed by atoms with Crippen LogP contribution in [0.25, 0.3) is 22.4 Å². The molecule has 6 rings (SSSR count). The smallest absolute Gasteiger partial charge is 0.416 e. The SMILES string of the molecule is Cc1cc(C(F)(F)F)cc(O)c1-c1cnc2cn(C34COCC(C3)C4)nc2n1. The van der Waals surface area contributed by atoms with Gasteiger partial charge in [0.25, 0.3) is 0 Å². The lowest BCUT2D eigenvalue weighted by molar-refractivity contribution is -0.137. The van der Waals surface area contributed by atoms with Crippen LogP contribution in [0.3, 0.4) is 0 Å². The van der Waals surface area contributed by atoms with Gasteiger partial charge in [0.15, 0.2) is 5.65 Å². The summed E-state index contributed by atoms with van der Waals surface area (Å²) in [7, 11) is 0. The van der Waals surface area contributed by atoms with Gasteiger partial charge in [-0.1, -0.05) is 0 Å². The zero-order valence-corrected chi connectivity index (χ0v) is 15.0. The van der Waals surface area contributed by atoms with Crippen molar-refractivity contribution in [1.82, 2.24) is 19.7 Å². The Balaban J connectivity index is 1.56. The molecule has 3 fully saturated rings. The Morgan fingerprint density at radius 3 is 2.71 bits per heavy atom. The normalized spacial score (nSPS) is 24.4. The average molecular weight is 390 g/mol. The second-order valence-corrected chi connectivity index (χ2v) is 7.74. The molecule has 0 amide bonds. The quantitative estimate of drug-likeness (QED) is 0.723. The molecular weight excluding hydrogens is 373 g/mol. The van der Waals surface area contributed by atoms with Crippen molar-refractivity contribution in [3.8, 4) is 17.0 Å². The molecule has 6 nitrogen and oxygen atoms in total. The molecule has 2 saturated heterocycles. The van der Waals surface area contributed by atoms with Crippen LogP contribution in [0.4, 0.5) is 13.2 Å². The van der Waals surface area contributed by atoms with Gasteiger partial charge in [0.05, 0.1) is 35.8 Å². The molecule has 9 heteroatoms. The van der Waals surface area contributed by atoms with Gasteiger partial charge in [0.1, 0.15) is 11.3 Å². The predicted molar refractivity (Wildman–Crippen MR) is 93.7 cm³/mol. The number of aryl methyl sites for hydroxylation is 1. The Kier molecular flexibility index (Phi) is 3.52. The van der Waals surface area contributed by atoms with Gasteiger partial charge in [-0.25, -0.2) is 9.97 Å². The van der Waals surface area contributed by atoms with E-state index in [1.807, 2.05) is 10.9 Å². The first kappa shape index (κ1) is 17.4. The third-order valence-electron chi connectivity index (χ3n) is 5.67. The second-order valence-electron chi connectivity index (χ2n) is 7.74. The van der Waals surface area contributed by atoms with E-state index in [0.29, 0.717) is 29.8 Å². The second kappa shape index (κ2) is 5.66. The third kappa shape index (κ3) is 2.56. The largest absolute Gasteiger partial charge is 0.507 e. The maximum Gasteiger partial charge on any atom is 0.416 e. The number of nitrogens with zero attached hydrogens (tertiary/aromatic N) is 4. The number of alkyl halides is 3. The lowest BCUT2D eigenvalue weighted by atomic mass is 9.67. The number of hydrogen-bond donors (Lipinski definition) is 1. The first-order chi connectivity index (χ1) is 13.2. The molecule has 1 N–H and O–H groups in total. The molecule has 0 atom stereocenters. The fourth-order valence-electron chi connectivity index (χ4n) is 4.35. The summed E-state index contributed by atoms with van der Waals surface area (Å²) in [6.07, 6.45) is 0.759. The number of halogens is 3. The van der Waals surface area contributed by atoms with Crippen molar-refractivity contribution in [1.29, 1.82) is 0 Å². The Bertz CT molecular complexity index is 1060. The molecule has 2 aliphatic heterocycles. The molecule has 3 aliphatic rings. The van der Waals surface area contributed by atoms with Gasteiger partial charge >= 0.3 is 6.18 Å². The van der Waals surface area contributed by atoms with Gasteiger partial charge in [0.2, 0.25) is 0 Å². The molecule has 1 aliphatic carbocycles. The molecule has 28 heavy (non-hydrogen) atoms. The van der Waals surface area contributed by atoms with E-state index in [9.17, 15) is 18.3 Å². The first-order valence-corrected chi connectivity index (χ1v) is 8.97. The predicted octanol–water partition coefficient (Wildman–Crippen LogP) is 3.66. The van der Waals surface area contributed by atoms with E-state index in [1.165, 1.54) is 13.1 Å². The van der Waals surface area contributed by atoms with Crippen molar-refractivity contribution in [2.24, 2.45) is 5.92 Å². The van der Waals surface area contributed by atoms with Gasteiger partial charge in [-0.15, -0.1) is 5.10 Å². The molecule has 0 radical (unpaired) electrons. The number of aromatic nitrogens is 4. The lowest BCUT2D eigenvalue weighted by Crippen LogP contribution is -2.55. The van der Waals surface area contributed by atoms with E-state index < -0.39 is 17.5 Å². The molecule has 1 saturated carbocycles. The van der Waals surface area contributed by atoms with E-state index in [2.05, 4.69) is 15.1 Å². The third-order valence-corrected chi connectivity index (χ3v) is 5.67. The van der Waals surface area contributed by atoms with Crippen LogP contribution in [-0.4, -0.2) is 38.1 Å².